The topological polar surface area (TPSA) is 144 Å². The number of methoxy groups -OCH3 is 1. The highest BCUT2D eigenvalue weighted by atomic mass is 16.5. The molecule has 0 radical (unpaired) electrons. The van der Waals surface area contributed by atoms with Crippen LogP contribution >= 0.6 is 0 Å². The SMILES string of the molecule is COC(=O)C1CN(C(=O)c2cn(-c3ccc4c(c3)CN(C3CCC(=O)NC3=O)C4=O)nn2)CC1(C)C. The summed E-state index contributed by atoms with van der Waals surface area (Å²) in [6, 6.07) is 4.43. The molecule has 12 heteroatoms. The van der Waals surface area contributed by atoms with E-state index in [4.69, 9.17) is 4.74 Å². The van der Waals surface area contributed by atoms with Crippen LogP contribution in [0.15, 0.2) is 24.4 Å². The number of likely N-dealkylation sites (tertiary alicyclic amines) is 1. The van der Waals surface area contributed by atoms with Crippen molar-refractivity contribution in [3.63, 3.8) is 0 Å². The van der Waals surface area contributed by atoms with E-state index in [1.165, 1.54) is 22.9 Å². The summed E-state index contributed by atoms with van der Waals surface area (Å²) in [5.41, 5.74) is 1.51. The van der Waals surface area contributed by atoms with Crippen LogP contribution in [0, 0.1) is 11.3 Å². The van der Waals surface area contributed by atoms with Gasteiger partial charge in [-0.1, -0.05) is 19.1 Å². The number of carbonyl (C=O) groups is 5. The molecule has 0 bridgehead atoms. The number of piperidine rings is 1. The summed E-state index contributed by atoms with van der Waals surface area (Å²) in [5.74, 6) is -2.18. The molecule has 0 spiro atoms. The van der Waals surface area contributed by atoms with Gasteiger partial charge < -0.3 is 14.5 Å². The van der Waals surface area contributed by atoms with Gasteiger partial charge in [0.15, 0.2) is 5.69 Å². The van der Waals surface area contributed by atoms with Gasteiger partial charge in [0.25, 0.3) is 11.8 Å². The predicted octanol–water partition coefficient (Wildman–Crippen LogP) is 0.300. The number of aromatic nitrogens is 3. The highest BCUT2D eigenvalue weighted by Gasteiger charge is 2.46. The molecule has 2 atom stereocenters. The first kappa shape index (κ1) is 23.6. The summed E-state index contributed by atoms with van der Waals surface area (Å²) in [4.78, 5) is 64.9. The fourth-order valence-corrected chi connectivity index (χ4v) is 5.18. The molecule has 2 saturated heterocycles. The molecule has 0 saturated carbocycles. The summed E-state index contributed by atoms with van der Waals surface area (Å²) in [6.07, 6.45) is 1.99. The summed E-state index contributed by atoms with van der Waals surface area (Å²) in [6.45, 7) is 4.69. The Kier molecular flexibility index (Phi) is 5.61. The highest BCUT2D eigenvalue weighted by molar-refractivity contribution is 6.05. The number of amides is 4. The van der Waals surface area contributed by atoms with E-state index in [2.05, 4.69) is 15.6 Å². The second-order valence-electron chi connectivity index (χ2n) is 10.0. The Morgan fingerprint density at radius 2 is 1.97 bits per heavy atom. The van der Waals surface area contributed by atoms with Crippen LogP contribution in [0.5, 0.6) is 0 Å². The number of fused-ring (bicyclic) bond motifs is 1. The van der Waals surface area contributed by atoms with E-state index in [-0.39, 0.29) is 55.3 Å². The molecule has 188 valence electrons. The van der Waals surface area contributed by atoms with Crippen molar-refractivity contribution in [2.24, 2.45) is 11.3 Å². The van der Waals surface area contributed by atoms with Gasteiger partial charge in [0.1, 0.15) is 6.04 Å². The quantitative estimate of drug-likeness (QED) is 0.472. The first-order valence-corrected chi connectivity index (χ1v) is 11.7. The molecule has 3 aliphatic rings. The third kappa shape index (κ3) is 3.91. The summed E-state index contributed by atoms with van der Waals surface area (Å²) >= 11 is 0. The molecular weight excluding hydrogens is 468 g/mol. The maximum Gasteiger partial charge on any atom is 0.311 e. The van der Waals surface area contributed by atoms with E-state index in [0.717, 1.165) is 0 Å². The van der Waals surface area contributed by atoms with Gasteiger partial charge in [0, 0.05) is 31.6 Å². The van der Waals surface area contributed by atoms with Gasteiger partial charge in [-0.05, 0) is 35.6 Å². The van der Waals surface area contributed by atoms with Crippen LogP contribution in [-0.2, 0) is 25.7 Å². The lowest BCUT2D eigenvalue weighted by Crippen LogP contribution is -2.52. The first-order chi connectivity index (χ1) is 17.1. The molecule has 5 rings (SSSR count). The highest BCUT2D eigenvalue weighted by Crippen LogP contribution is 2.36. The fourth-order valence-electron chi connectivity index (χ4n) is 5.18. The molecule has 0 aliphatic carbocycles. The van der Waals surface area contributed by atoms with Crippen LogP contribution in [-0.4, -0.2) is 80.6 Å². The molecule has 4 amide bonds. The lowest BCUT2D eigenvalue weighted by atomic mass is 9.82. The predicted molar refractivity (Wildman–Crippen MR) is 123 cm³/mol. The molecule has 1 N–H and O–H groups in total. The molecule has 2 unspecified atom stereocenters. The Morgan fingerprint density at radius 3 is 2.69 bits per heavy atom. The normalized spacial score (nSPS) is 23.0. The third-order valence-corrected chi connectivity index (χ3v) is 7.20. The molecule has 1 aromatic carbocycles. The molecule has 4 heterocycles. The van der Waals surface area contributed by atoms with Crippen molar-refractivity contribution >= 4 is 29.6 Å². The maximum atomic E-state index is 13.1. The number of nitrogens with zero attached hydrogens (tertiary/aromatic N) is 5. The smallest absolute Gasteiger partial charge is 0.311 e. The number of benzene rings is 1. The monoisotopic (exact) mass is 494 g/mol. The van der Waals surface area contributed by atoms with Crippen molar-refractivity contribution in [2.75, 3.05) is 20.2 Å². The van der Waals surface area contributed by atoms with Crippen molar-refractivity contribution < 1.29 is 28.7 Å². The zero-order chi connectivity index (χ0) is 25.8. The lowest BCUT2D eigenvalue weighted by molar-refractivity contribution is -0.147. The van der Waals surface area contributed by atoms with Crippen molar-refractivity contribution in [1.82, 2.24) is 30.1 Å². The minimum atomic E-state index is -0.694. The van der Waals surface area contributed by atoms with Crippen LogP contribution in [0.4, 0.5) is 0 Å². The number of nitrogens with one attached hydrogen (secondary N) is 1. The first-order valence-electron chi connectivity index (χ1n) is 11.7. The lowest BCUT2D eigenvalue weighted by Gasteiger charge is -2.29. The van der Waals surface area contributed by atoms with Crippen LogP contribution in [0.25, 0.3) is 5.69 Å². The van der Waals surface area contributed by atoms with Crippen LogP contribution in [0.1, 0.15) is 53.1 Å². The number of carbonyl (C=O) groups excluding carboxylic acids is 5. The Hall–Kier alpha value is -4.09. The molecule has 2 fully saturated rings. The molecule has 2 aromatic rings. The summed E-state index contributed by atoms with van der Waals surface area (Å²) in [7, 11) is 1.34. The average Bonchev–Trinajstić information content (AvgIpc) is 3.54. The number of hydrogen-bond acceptors (Lipinski definition) is 8. The minimum Gasteiger partial charge on any atom is -0.469 e. The average molecular weight is 495 g/mol. The number of rotatable bonds is 4. The third-order valence-electron chi connectivity index (χ3n) is 7.20. The van der Waals surface area contributed by atoms with Crippen molar-refractivity contribution in [1.29, 1.82) is 0 Å². The van der Waals surface area contributed by atoms with Crippen LogP contribution < -0.4 is 5.32 Å². The van der Waals surface area contributed by atoms with E-state index in [1.807, 2.05) is 13.8 Å². The van der Waals surface area contributed by atoms with E-state index in [1.54, 1.807) is 23.1 Å². The van der Waals surface area contributed by atoms with Gasteiger partial charge in [-0.25, -0.2) is 4.68 Å². The van der Waals surface area contributed by atoms with E-state index in [9.17, 15) is 24.0 Å². The van der Waals surface area contributed by atoms with Crippen LogP contribution in [0.3, 0.4) is 0 Å². The van der Waals surface area contributed by atoms with Gasteiger partial charge in [-0.15, -0.1) is 5.10 Å². The van der Waals surface area contributed by atoms with Gasteiger partial charge in [-0.2, -0.15) is 0 Å². The summed E-state index contributed by atoms with van der Waals surface area (Å²) in [5, 5.41) is 10.4. The number of ether oxygens (including phenoxy) is 1. The number of imide groups is 1. The van der Waals surface area contributed by atoms with Gasteiger partial charge in [0.2, 0.25) is 11.8 Å². The van der Waals surface area contributed by atoms with Crippen molar-refractivity contribution in [3.8, 4) is 5.69 Å². The fraction of sp³-hybridized carbons (Fsp3) is 0.458. The van der Waals surface area contributed by atoms with E-state index < -0.39 is 23.3 Å². The molecular formula is C24H26N6O6. The number of hydrogen-bond donors (Lipinski definition) is 1. The standard InChI is InChI=1S/C24H26N6O6/c1-24(2)12-28(10-16(24)23(35)36-3)22(34)17-11-30(27-26-17)14-4-5-15-13(8-14)9-29(21(15)33)18-6-7-19(31)25-20(18)32/h4-5,8,11,16,18H,6-7,9-10,12H2,1-3H3,(H,25,31,32). The Labute approximate surface area is 206 Å². The van der Waals surface area contributed by atoms with Crippen LogP contribution in [0.2, 0.25) is 0 Å². The number of esters is 1. The van der Waals surface area contributed by atoms with Crippen molar-refractivity contribution in [2.45, 2.75) is 39.3 Å². The van der Waals surface area contributed by atoms with Crippen molar-refractivity contribution in [3.05, 3.63) is 41.2 Å². The van der Waals surface area contributed by atoms with E-state index >= 15 is 0 Å². The van der Waals surface area contributed by atoms with Gasteiger partial charge in [0.05, 0.1) is 24.9 Å². The Balaban J connectivity index is 1.32. The zero-order valence-electron chi connectivity index (χ0n) is 20.2. The molecule has 36 heavy (non-hydrogen) atoms. The van der Waals surface area contributed by atoms with Gasteiger partial charge in [-0.3, -0.25) is 29.3 Å². The second-order valence-corrected chi connectivity index (χ2v) is 10.0. The minimum absolute atomic E-state index is 0.137. The maximum absolute atomic E-state index is 13.1. The molecule has 1 aromatic heterocycles. The Morgan fingerprint density at radius 1 is 1.19 bits per heavy atom. The molecule has 12 nitrogen and oxygen atoms in total. The summed E-state index contributed by atoms with van der Waals surface area (Å²) < 4.78 is 6.34. The largest absolute Gasteiger partial charge is 0.469 e. The van der Waals surface area contributed by atoms with E-state index in [0.29, 0.717) is 23.4 Å². The van der Waals surface area contributed by atoms with Gasteiger partial charge >= 0.3 is 5.97 Å². The second kappa shape index (κ2) is 8.54. The zero-order valence-corrected chi connectivity index (χ0v) is 20.2. The molecule has 3 aliphatic heterocycles. The Bertz CT molecular complexity index is 1300.